The number of ketones is 1. The minimum absolute atomic E-state index is 0.0887. The summed E-state index contributed by atoms with van der Waals surface area (Å²) in [7, 11) is 0. The molecule has 0 aliphatic carbocycles. The zero-order chi connectivity index (χ0) is 14.2. The van der Waals surface area contributed by atoms with Crippen molar-refractivity contribution in [2.75, 3.05) is 0 Å². The average molecular weight is 267 g/mol. The highest BCUT2D eigenvalue weighted by atomic mass is 19.1. The molecule has 1 heterocycles. The summed E-state index contributed by atoms with van der Waals surface area (Å²) in [5.41, 5.74) is -0.311. The van der Waals surface area contributed by atoms with Gasteiger partial charge in [-0.15, -0.1) is 0 Å². The molecule has 0 amide bonds. The highest BCUT2D eigenvalue weighted by molar-refractivity contribution is 6.07. The van der Waals surface area contributed by atoms with Crippen molar-refractivity contribution in [3.05, 3.63) is 62.9 Å². The van der Waals surface area contributed by atoms with E-state index in [2.05, 4.69) is 4.42 Å². The molecule has 0 aliphatic rings. The van der Waals surface area contributed by atoms with E-state index in [1.54, 1.807) is 0 Å². The lowest BCUT2D eigenvalue weighted by atomic mass is 10.1. The normalized spacial score (nSPS) is 10.5. The highest BCUT2D eigenvalue weighted by Gasteiger charge is 2.22. The van der Waals surface area contributed by atoms with Crippen LogP contribution in [0.4, 0.5) is 14.7 Å². The van der Waals surface area contributed by atoms with Crippen molar-refractivity contribution in [1.29, 1.82) is 0 Å². The molecule has 0 atom stereocenters. The summed E-state index contributed by atoms with van der Waals surface area (Å²) in [4.78, 5) is 21.5. The van der Waals surface area contributed by atoms with E-state index in [1.807, 2.05) is 0 Å². The third-order valence-corrected chi connectivity index (χ3v) is 2.49. The van der Waals surface area contributed by atoms with Crippen LogP contribution in [0.5, 0.6) is 0 Å². The van der Waals surface area contributed by atoms with E-state index in [-0.39, 0.29) is 11.3 Å². The maximum Gasteiger partial charge on any atom is 0.433 e. The average Bonchev–Trinajstić information content (AvgIpc) is 2.82. The van der Waals surface area contributed by atoms with Gasteiger partial charge >= 0.3 is 5.88 Å². The van der Waals surface area contributed by atoms with Crippen LogP contribution in [0.2, 0.25) is 0 Å². The van der Waals surface area contributed by atoms with E-state index in [0.29, 0.717) is 6.07 Å². The number of halogens is 2. The van der Waals surface area contributed by atoms with Gasteiger partial charge in [-0.2, -0.15) is 0 Å². The molecule has 0 spiro atoms. The fraction of sp³-hybridized carbons (Fsp3) is 0.0833. The Kier molecular flexibility index (Phi) is 3.12. The summed E-state index contributed by atoms with van der Waals surface area (Å²) >= 11 is 0. The molecular weight excluding hydrogens is 260 g/mol. The largest absolute Gasteiger partial charge is 0.433 e. The number of carbonyl (C=O) groups is 1. The minimum atomic E-state index is -1.05. The van der Waals surface area contributed by atoms with Crippen molar-refractivity contribution in [2.45, 2.75) is 6.92 Å². The smallest absolute Gasteiger partial charge is 0.397 e. The van der Waals surface area contributed by atoms with E-state index in [1.165, 1.54) is 6.92 Å². The standard InChI is InChI=1S/C12H7F2NO4/c1-6-4-7(9(14)5-8(6)13)12(16)10-2-3-11(19-10)15(17)18/h2-5H,1H3. The van der Waals surface area contributed by atoms with Crippen LogP contribution >= 0.6 is 0 Å². The molecule has 0 bridgehead atoms. The molecule has 0 radical (unpaired) electrons. The van der Waals surface area contributed by atoms with Gasteiger partial charge in [0.2, 0.25) is 5.78 Å². The number of hydrogen-bond donors (Lipinski definition) is 0. The predicted octanol–water partition coefficient (Wildman–Crippen LogP) is 3.01. The van der Waals surface area contributed by atoms with Crippen LogP contribution in [0.1, 0.15) is 21.7 Å². The van der Waals surface area contributed by atoms with Gasteiger partial charge in [0.05, 0.1) is 11.6 Å². The summed E-state index contributed by atoms with van der Waals surface area (Å²) in [6.45, 7) is 1.37. The number of furan rings is 1. The Hall–Kier alpha value is -2.57. The van der Waals surface area contributed by atoms with E-state index in [4.69, 9.17) is 0 Å². The minimum Gasteiger partial charge on any atom is -0.397 e. The zero-order valence-electron chi connectivity index (χ0n) is 9.65. The van der Waals surface area contributed by atoms with E-state index >= 15 is 0 Å². The van der Waals surface area contributed by atoms with Crippen LogP contribution in [0.3, 0.4) is 0 Å². The van der Waals surface area contributed by atoms with Gasteiger partial charge < -0.3 is 4.42 Å². The van der Waals surface area contributed by atoms with E-state index in [9.17, 15) is 23.7 Å². The second-order valence-electron chi connectivity index (χ2n) is 3.81. The van der Waals surface area contributed by atoms with E-state index < -0.39 is 33.8 Å². The summed E-state index contributed by atoms with van der Waals surface area (Å²) in [5, 5.41) is 10.4. The molecule has 19 heavy (non-hydrogen) atoms. The molecule has 5 nitrogen and oxygen atoms in total. The third-order valence-electron chi connectivity index (χ3n) is 2.49. The van der Waals surface area contributed by atoms with Crippen molar-refractivity contribution < 1.29 is 22.9 Å². The van der Waals surface area contributed by atoms with Gasteiger partial charge in [0, 0.05) is 6.07 Å². The van der Waals surface area contributed by atoms with Gasteiger partial charge in [-0.25, -0.2) is 8.78 Å². The molecule has 0 N–H and O–H groups in total. The maximum atomic E-state index is 13.5. The van der Waals surface area contributed by atoms with Crippen LogP contribution in [0, 0.1) is 28.7 Å². The SMILES string of the molecule is Cc1cc(C(=O)c2ccc([N+](=O)[O-])o2)c(F)cc1F. The van der Waals surface area contributed by atoms with Gasteiger partial charge in [-0.1, -0.05) is 0 Å². The first-order valence-electron chi connectivity index (χ1n) is 5.14. The number of nitrogens with zero attached hydrogens (tertiary/aromatic N) is 1. The number of hydrogen-bond acceptors (Lipinski definition) is 4. The number of aryl methyl sites for hydroxylation is 1. The first kappa shape index (κ1) is 12.9. The van der Waals surface area contributed by atoms with Crippen molar-refractivity contribution in [2.24, 2.45) is 0 Å². The lowest BCUT2D eigenvalue weighted by molar-refractivity contribution is -0.402. The number of rotatable bonds is 3. The van der Waals surface area contributed by atoms with Gasteiger partial charge in [-0.3, -0.25) is 14.9 Å². The summed E-state index contributed by atoms with van der Waals surface area (Å²) in [5.74, 6) is -3.71. The van der Waals surface area contributed by atoms with Crippen molar-refractivity contribution in [1.82, 2.24) is 0 Å². The number of benzene rings is 1. The van der Waals surface area contributed by atoms with Gasteiger partial charge in [0.1, 0.15) is 16.6 Å². The Balaban J connectivity index is 2.43. The zero-order valence-corrected chi connectivity index (χ0v) is 9.65. The Bertz CT molecular complexity index is 678. The molecule has 7 heteroatoms. The van der Waals surface area contributed by atoms with Gasteiger partial charge in [0.25, 0.3) is 0 Å². The van der Waals surface area contributed by atoms with Crippen molar-refractivity contribution in [3.8, 4) is 0 Å². The van der Waals surface area contributed by atoms with Crippen molar-refractivity contribution in [3.63, 3.8) is 0 Å². The molecule has 1 aromatic heterocycles. The fourth-order valence-corrected chi connectivity index (χ4v) is 1.51. The predicted molar refractivity (Wildman–Crippen MR) is 59.9 cm³/mol. The number of carbonyl (C=O) groups excluding carboxylic acids is 1. The molecule has 0 saturated carbocycles. The molecule has 1 aromatic carbocycles. The van der Waals surface area contributed by atoms with Crippen LogP contribution in [-0.4, -0.2) is 10.7 Å². The van der Waals surface area contributed by atoms with Gasteiger partial charge in [0.15, 0.2) is 5.76 Å². The lowest BCUT2D eigenvalue weighted by Crippen LogP contribution is -2.04. The molecule has 2 rings (SSSR count). The molecule has 0 aliphatic heterocycles. The Labute approximate surface area is 105 Å². The first-order chi connectivity index (χ1) is 8.90. The maximum absolute atomic E-state index is 13.5. The fourth-order valence-electron chi connectivity index (χ4n) is 1.51. The summed E-state index contributed by atoms with van der Waals surface area (Å²) < 4.78 is 31.2. The summed E-state index contributed by atoms with van der Waals surface area (Å²) in [6.07, 6.45) is 0. The molecule has 2 aromatic rings. The second-order valence-corrected chi connectivity index (χ2v) is 3.81. The Morgan fingerprint density at radius 1 is 1.26 bits per heavy atom. The third kappa shape index (κ3) is 2.35. The first-order valence-corrected chi connectivity index (χ1v) is 5.14. The van der Waals surface area contributed by atoms with Crippen LogP contribution in [-0.2, 0) is 0 Å². The van der Waals surface area contributed by atoms with Crippen molar-refractivity contribution >= 4 is 11.7 Å². The molecule has 0 unspecified atom stereocenters. The highest BCUT2D eigenvalue weighted by Crippen LogP contribution is 2.21. The number of nitro groups is 1. The topological polar surface area (TPSA) is 73.3 Å². The molecular formula is C12H7F2NO4. The van der Waals surface area contributed by atoms with Gasteiger partial charge in [-0.05, 0) is 24.6 Å². The molecule has 98 valence electrons. The van der Waals surface area contributed by atoms with Crippen LogP contribution in [0.25, 0.3) is 0 Å². The Morgan fingerprint density at radius 2 is 1.95 bits per heavy atom. The van der Waals surface area contributed by atoms with Crippen LogP contribution < -0.4 is 0 Å². The second kappa shape index (κ2) is 4.60. The quantitative estimate of drug-likeness (QED) is 0.486. The van der Waals surface area contributed by atoms with E-state index in [0.717, 1.165) is 18.2 Å². The molecule has 0 saturated heterocycles. The lowest BCUT2D eigenvalue weighted by Gasteiger charge is -2.02. The van der Waals surface area contributed by atoms with Crippen LogP contribution in [0.15, 0.2) is 28.7 Å². The Morgan fingerprint density at radius 3 is 2.53 bits per heavy atom. The molecule has 0 fully saturated rings. The monoisotopic (exact) mass is 267 g/mol. The summed E-state index contributed by atoms with van der Waals surface area (Å²) in [6, 6.07) is 3.67.